The fourth-order valence-corrected chi connectivity index (χ4v) is 8.91. The Bertz CT molecular complexity index is 2900. The van der Waals surface area contributed by atoms with Crippen LogP contribution in [0.25, 0.3) is 103 Å². The third-order valence-corrected chi connectivity index (χ3v) is 10.9. The van der Waals surface area contributed by atoms with E-state index in [2.05, 4.69) is 144 Å². The van der Waals surface area contributed by atoms with Crippen molar-refractivity contribution < 1.29 is 0 Å². The van der Waals surface area contributed by atoms with Crippen LogP contribution in [0.3, 0.4) is 0 Å². The van der Waals surface area contributed by atoms with Crippen LogP contribution >= 0.6 is 11.3 Å². The summed E-state index contributed by atoms with van der Waals surface area (Å²) in [6.45, 7) is 0. The van der Waals surface area contributed by atoms with E-state index in [0.717, 1.165) is 33.2 Å². The van der Waals surface area contributed by atoms with E-state index < -0.39 is 0 Å². The molecule has 1 aliphatic rings. The molecule has 0 radical (unpaired) electrons. The second kappa shape index (κ2) is 8.87. The monoisotopic (exact) mass is 601 g/mol. The van der Waals surface area contributed by atoms with Crippen LogP contribution in [0.1, 0.15) is 0 Å². The zero-order valence-corrected chi connectivity index (χ0v) is 25.3. The van der Waals surface area contributed by atoms with Gasteiger partial charge in [0.25, 0.3) is 0 Å². The van der Waals surface area contributed by atoms with Crippen molar-refractivity contribution in [3.8, 4) is 39.5 Å². The summed E-state index contributed by atoms with van der Waals surface area (Å²) in [7, 11) is 0. The van der Waals surface area contributed by atoms with Crippen molar-refractivity contribution in [2.24, 2.45) is 0 Å². The Morgan fingerprint density at radius 2 is 1.13 bits per heavy atom. The quantitative estimate of drug-likeness (QED) is 0.202. The van der Waals surface area contributed by atoms with Gasteiger partial charge in [-0.25, -0.2) is 9.97 Å². The van der Waals surface area contributed by atoms with Crippen LogP contribution in [-0.2, 0) is 0 Å². The minimum atomic E-state index is 0.689. The van der Waals surface area contributed by atoms with Gasteiger partial charge >= 0.3 is 0 Å². The van der Waals surface area contributed by atoms with E-state index in [1.54, 1.807) is 0 Å². The molecule has 212 valence electrons. The summed E-state index contributed by atoms with van der Waals surface area (Å²) in [6.07, 6.45) is 0. The molecule has 0 saturated heterocycles. The Labute approximate surface area is 267 Å². The summed E-state index contributed by atoms with van der Waals surface area (Å²) in [6, 6.07) is 50.2. The normalized spacial score (nSPS) is 12.3. The number of nitrogens with zero attached hydrogens (tertiary/aromatic N) is 3. The molecule has 1 aliphatic carbocycles. The summed E-state index contributed by atoms with van der Waals surface area (Å²) in [5.74, 6) is 0.689. The van der Waals surface area contributed by atoms with Crippen molar-refractivity contribution >= 4 is 75.0 Å². The summed E-state index contributed by atoms with van der Waals surface area (Å²) < 4.78 is 4.96. The predicted octanol–water partition coefficient (Wildman–Crippen LogP) is 11.6. The minimum Gasteiger partial charge on any atom is -0.278 e. The van der Waals surface area contributed by atoms with E-state index in [4.69, 9.17) is 9.97 Å². The first-order chi connectivity index (χ1) is 22.8. The van der Waals surface area contributed by atoms with E-state index in [-0.39, 0.29) is 0 Å². The molecule has 0 spiro atoms. The Kier molecular flexibility index (Phi) is 4.72. The molecule has 3 nitrogen and oxygen atoms in total. The lowest BCUT2D eigenvalue weighted by molar-refractivity contribution is 1.01. The highest BCUT2D eigenvalue weighted by atomic mass is 32.1. The summed E-state index contributed by atoms with van der Waals surface area (Å²) >= 11 is 1.89. The maximum Gasteiger partial charge on any atom is 0.235 e. The van der Waals surface area contributed by atoms with Gasteiger partial charge in [0.1, 0.15) is 0 Å². The van der Waals surface area contributed by atoms with E-state index >= 15 is 0 Å². The lowest BCUT2D eigenvalue weighted by atomic mass is 9.98. The van der Waals surface area contributed by atoms with Crippen LogP contribution in [0.2, 0.25) is 0 Å². The van der Waals surface area contributed by atoms with Gasteiger partial charge in [-0.3, -0.25) is 4.57 Å². The molecule has 0 amide bonds. The van der Waals surface area contributed by atoms with Gasteiger partial charge in [-0.05, 0) is 58.0 Å². The lowest BCUT2D eigenvalue weighted by Crippen LogP contribution is -2.03. The molecule has 3 heterocycles. The lowest BCUT2D eigenvalue weighted by Gasteiger charge is -2.13. The summed E-state index contributed by atoms with van der Waals surface area (Å²) in [4.78, 5) is 10.6. The van der Waals surface area contributed by atoms with Crippen molar-refractivity contribution in [2.75, 3.05) is 0 Å². The van der Waals surface area contributed by atoms with E-state index in [9.17, 15) is 0 Å². The van der Waals surface area contributed by atoms with Crippen LogP contribution < -0.4 is 0 Å². The predicted molar refractivity (Wildman–Crippen MR) is 194 cm³/mol. The number of hydrogen-bond donors (Lipinski definition) is 0. The second-order valence-electron chi connectivity index (χ2n) is 12.1. The molecule has 0 bridgehead atoms. The van der Waals surface area contributed by atoms with Crippen molar-refractivity contribution in [3.63, 3.8) is 0 Å². The van der Waals surface area contributed by atoms with Crippen molar-refractivity contribution in [2.45, 2.75) is 0 Å². The first kappa shape index (κ1) is 24.5. The first-order valence-corrected chi connectivity index (χ1v) is 16.4. The van der Waals surface area contributed by atoms with Crippen LogP contribution in [0.15, 0.2) is 140 Å². The highest BCUT2D eigenvalue weighted by Crippen LogP contribution is 2.51. The van der Waals surface area contributed by atoms with Gasteiger partial charge in [0.15, 0.2) is 0 Å². The number of fused-ring (bicyclic) bond motifs is 2. The van der Waals surface area contributed by atoms with E-state index in [1.807, 2.05) is 11.3 Å². The highest BCUT2D eigenvalue weighted by molar-refractivity contribution is 7.26. The fraction of sp³-hybridized carbons (Fsp3) is 0. The average molecular weight is 602 g/mol. The number of thiophene rings is 1. The smallest absolute Gasteiger partial charge is 0.235 e. The Balaban J connectivity index is 1.24. The second-order valence-corrected chi connectivity index (χ2v) is 13.2. The van der Waals surface area contributed by atoms with Crippen LogP contribution in [0.5, 0.6) is 0 Å². The molecule has 10 aromatic rings. The molecule has 0 aliphatic heterocycles. The molecule has 0 N–H and O–H groups in total. The molecule has 46 heavy (non-hydrogen) atoms. The number of aromatic nitrogens is 3. The average Bonchev–Trinajstić information content (AvgIpc) is 3.63. The number of hydrogen-bond acceptors (Lipinski definition) is 3. The molecular formula is C42H23N3S. The van der Waals surface area contributed by atoms with Crippen LogP contribution in [0, 0.1) is 0 Å². The Morgan fingerprint density at radius 1 is 0.435 bits per heavy atom. The van der Waals surface area contributed by atoms with Gasteiger partial charge in [0, 0.05) is 47.3 Å². The first-order valence-electron chi connectivity index (χ1n) is 15.6. The van der Waals surface area contributed by atoms with Gasteiger partial charge in [0.2, 0.25) is 5.95 Å². The van der Waals surface area contributed by atoms with Crippen molar-refractivity contribution in [3.05, 3.63) is 140 Å². The Hall–Kier alpha value is -5.84. The fourth-order valence-electron chi connectivity index (χ4n) is 7.77. The summed E-state index contributed by atoms with van der Waals surface area (Å²) in [5.41, 5.74) is 10.2. The topological polar surface area (TPSA) is 30.7 Å². The van der Waals surface area contributed by atoms with E-state index in [1.165, 1.54) is 64.0 Å². The molecule has 4 heteroatoms. The zero-order chi connectivity index (χ0) is 29.9. The third-order valence-electron chi connectivity index (χ3n) is 9.74. The minimum absolute atomic E-state index is 0.689. The highest BCUT2D eigenvalue weighted by Gasteiger charge is 2.26. The van der Waals surface area contributed by atoms with Gasteiger partial charge < -0.3 is 0 Å². The molecule has 0 atom stereocenters. The maximum absolute atomic E-state index is 5.39. The van der Waals surface area contributed by atoms with E-state index in [0.29, 0.717) is 5.95 Å². The maximum atomic E-state index is 5.39. The van der Waals surface area contributed by atoms with Crippen LogP contribution in [0.4, 0.5) is 0 Å². The number of para-hydroxylation sites is 1. The molecule has 0 unspecified atom stereocenters. The van der Waals surface area contributed by atoms with Gasteiger partial charge in [0.05, 0.1) is 22.2 Å². The van der Waals surface area contributed by atoms with Crippen molar-refractivity contribution in [1.29, 1.82) is 0 Å². The molecule has 7 aromatic carbocycles. The van der Waals surface area contributed by atoms with Crippen LogP contribution in [-0.4, -0.2) is 14.5 Å². The van der Waals surface area contributed by atoms with Gasteiger partial charge in [-0.1, -0.05) is 109 Å². The number of rotatable bonds is 3. The molecule has 11 rings (SSSR count). The summed E-state index contributed by atoms with van der Waals surface area (Å²) in [5, 5.41) is 8.95. The molecule has 0 fully saturated rings. The largest absolute Gasteiger partial charge is 0.278 e. The SMILES string of the molecule is c1ccc(-c2ccc(-c3nc(-n4c5cccc6c5c5c7c(ccc8sc9cccc-6c9c87)ccc54)nc4ccccc34)cc2)cc1. The standard InChI is InChI=1S/C42H23N3S/c1-2-8-24(9-3-1)25-16-18-27(19-17-25)41-30-10-4-5-13-31(30)43-42(44-41)45-32-14-6-11-28-29-12-7-15-34-38(29)40-35(46-34)23-21-26-20-22-33(45)39(36(26)40)37(28)32/h1-23H. The molecule has 0 saturated carbocycles. The Morgan fingerprint density at radius 3 is 2.02 bits per heavy atom. The molecular weight excluding hydrogens is 579 g/mol. The number of benzene rings is 7. The zero-order valence-electron chi connectivity index (χ0n) is 24.5. The van der Waals surface area contributed by atoms with Gasteiger partial charge in [-0.15, -0.1) is 11.3 Å². The third kappa shape index (κ3) is 3.16. The van der Waals surface area contributed by atoms with Gasteiger partial charge in [-0.2, -0.15) is 0 Å². The van der Waals surface area contributed by atoms with Crippen molar-refractivity contribution in [1.82, 2.24) is 14.5 Å². The molecule has 3 aromatic heterocycles.